The van der Waals surface area contributed by atoms with E-state index in [1.54, 1.807) is 0 Å². The minimum absolute atomic E-state index is 0.0458. The summed E-state index contributed by atoms with van der Waals surface area (Å²) in [5.41, 5.74) is 1.10. The Morgan fingerprint density at radius 2 is 2.05 bits per heavy atom. The van der Waals surface area contributed by atoms with Gasteiger partial charge in [-0.3, -0.25) is 0 Å². The lowest BCUT2D eigenvalue weighted by Gasteiger charge is -2.08. The molecule has 0 aliphatic heterocycles. The highest BCUT2D eigenvalue weighted by Crippen LogP contribution is 2.11. The number of nitriles is 1. The molecule has 19 heavy (non-hydrogen) atoms. The molecule has 0 saturated carbocycles. The van der Waals surface area contributed by atoms with Gasteiger partial charge in [-0.2, -0.15) is 5.26 Å². The number of carboxylic acids is 1. The molecular weight excluding hydrogens is 244 g/mol. The van der Waals surface area contributed by atoms with Crippen LogP contribution in [0.25, 0.3) is 0 Å². The van der Waals surface area contributed by atoms with Crippen LogP contribution in [0.3, 0.4) is 0 Å². The van der Waals surface area contributed by atoms with Crippen LogP contribution < -0.4 is 0 Å². The number of nitrogens with zero attached hydrogens (tertiary/aromatic N) is 2. The molecule has 5 nitrogen and oxygen atoms in total. The van der Waals surface area contributed by atoms with Crippen LogP contribution >= 0.6 is 0 Å². The van der Waals surface area contributed by atoms with Crippen molar-refractivity contribution in [1.29, 1.82) is 5.26 Å². The molecule has 0 saturated heterocycles. The highest BCUT2D eigenvalue weighted by molar-refractivity contribution is 5.88. The smallest absolute Gasteiger partial charge is 0.353 e. The predicted octanol–water partition coefficient (Wildman–Crippen LogP) is 2.23. The Bertz CT molecular complexity index is 611. The van der Waals surface area contributed by atoms with Crippen molar-refractivity contribution >= 4 is 5.97 Å². The van der Waals surface area contributed by atoms with Crippen LogP contribution in [0.2, 0.25) is 0 Å². The molecule has 2 rings (SSSR count). The van der Waals surface area contributed by atoms with Gasteiger partial charge in [0.1, 0.15) is 18.5 Å². The maximum Gasteiger partial charge on any atom is 0.353 e. The third kappa shape index (κ3) is 3.00. The van der Waals surface area contributed by atoms with Gasteiger partial charge in [0.05, 0.1) is 12.2 Å². The van der Waals surface area contributed by atoms with Crippen molar-refractivity contribution < 1.29 is 14.6 Å². The van der Waals surface area contributed by atoms with E-state index in [0.29, 0.717) is 6.61 Å². The van der Waals surface area contributed by atoms with Gasteiger partial charge in [0, 0.05) is 6.20 Å². The topological polar surface area (TPSA) is 75.2 Å². The van der Waals surface area contributed by atoms with Crippen LogP contribution in [0.15, 0.2) is 42.6 Å². The number of aromatic carboxylic acids is 1. The maximum atomic E-state index is 11.1. The Kier molecular flexibility index (Phi) is 3.96. The van der Waals surface area contributed by atoms with Crippen molar-refractivity contribution in [3.63, 3.8) is 0 Å². The zero-order chi connectivity index (χ0) is 13.7. The molecule has 0 bridgehead atoms. The minimum Gasteiger partial charge on any atom is -0.477 e. The summed E-state index contributed by atoms with van der Waals surface area (Å²) in [6.45, 7) is 0.484. The monoisotopic (exact) mass is 256 g/mol. The van der Waals surface area contributed by atoms with E-state index < -0.39 is 5.97 Å². The van der Waals surface area contributed by atoms with Crippen LogP contribution in [-0.4, -0.2) is 15.6 Å². The lowest BCUT2D eigenvalue weighted by Crippen LogP contribution is -2.11. The Morgan fingerprint density at radius 1 is 1.32 bits per heavy atom. The van der Waals surface area contributed by atoms with Gasteiger partial charge < -0.3 is 14.4 Å². The Morgan fingerprint density at radius 3 is 2.68 bits per heavy atom. The number of aromatic nitrogens is 1. The van der Waals surface area contributed by atoms with Gasteiger partial charge in [-0.15, -0.1) is 0 Å². The number of hydrogen-bond acceptors (Lipinski definition) is 3. The molecule has 0 radical (unpaired) electrons. The summed E-state index contributed by atoms with van der Waals surface area (Å²) < 4.78 is 6.85. The maximum absolute atomic E-state index is 11.1. The van der Waals surface area contributed by atoms with Gasteiger partial charge in [-0.1, -0.05) is 30.3 Å². The third-order valence-corrected chi connectivity index (χ3v) is 2.63. The average Bonchev–Trinajstić information content (AvgIpc) is 2.83. The first-order valence-corrected chi connectivity index (χ1v) is 5.66. The first kappa shape index (κ1) is 12.9. The SMILES string of the molecule is N#Cc1ccn(COCc2ccccc2)c1C(=O)O. The molecule has 0 amide bonds. The van der Waals surface area contributed by atoms with E-state index >= 15 is 0 Å². The Labute approximate surface area is 110 Å². The van der Waals surface area contributed by atoms with Crippen LogP contribution in [-0.2, 0) is 18.1 Å². The number of ether oxygens (including phenoxy) is 1. The molecule has 1 aromatic carbocycles. The highest BCUT2D eigenvalue weighted by atomic mass is 16.5. The van der Waals surface area contributed by atoms with Gasteiger partial charge in [-0.25, -0.2) is 4.79 Å². The van der Waals surface area contributed by atoms with Gasteiger partial charge in [0.2, 0.25) is 0 Å². The van der Waals surface area contributed by atoms with Crippen LogP contribution in [0.4, 0.5) is 0 Å². The second-order valence-corrected chi connectivity index (χ2v) is 3.93. The Hall–Kier alpha value is -2.58. The van der Waals surface area contributed by atoms with E-state index in [-0.39, 0.29) is 18.0 Å². The lowest BCUT2D eigenvalue weighted by atomic mass is 10.2. The summed E-state index contributed by atoms with van der Waals surface area (Å²) in [5, 5.41) is 17.9. The molecule has 0 atom stereocenters. The number of carboxylic acid groups (broad SMARTS) is 1. The first-order valence-electron chi connectivity index (χ1n) is 5.66. The second kappa shape index (κ2) is 5.85. The molecule has 5 heteroatoms. The molecule has 1 N–H and O–H groups in total. The summed E-state index contributed by atoms with van der Waals surface area (Å²) in [7, 11) is 0. The standard InChI is InChI=1S/C14H12N2O3/c15-8-12-6-7-16(13(12)14(17)18)10-19-9-11-4-2-1-3-5-11/h1-7H,9-10H2,(H,17,18). The molecule has 0 spiro atoms. The summed E-state index contributed by atoms with van der Waals surface area (Å²) in [5.74, 6) is -1.13. The van der Waals surface area contributed by atoms with E-state index in [0.717, 1.165) is 5.56 Å². The van der Waals surface area contributed by atoms with Gasteiger partial charge >= 0.3 is 5.97 Å². The average molecular weight is 256 g/mol. The summed E-state index contributed by atoms with van der Waals surface area (Å²) >= 11 is 0. The second-order valence-electron chi connectivity index (χ2n) is 3.93. The summed E-state index contributed by atoms with van der Waals surface area (Å²) in [4.78, 5) is 11.1. The quantitative estimate of drug-likeness (QED) is 0.890. The van der Waals surface area contributed by atoms with Crippen LogP contribution in [0, 0.1) is 11.3 Å². The van der Waals surface area contributed by atoms with Crippen LogP contribution in [0.1, 0.15) is 21.6 Å². The fourth-order valence-electron chi connectivity index (χ4n) is 1.74. The van der Waals surface area contributed by atoms with Crippen molar-refractivity contribution in [3.8, 4) is 6.07 Å². The molecule has 0 fully saturated rings. The molecule has 0 unspecified atom stereocenters. The largest absolute Gasteiger partial charge is 0.477 e. The van der Waals surface area contributed by atoms with Gasteiger partial charge in [-0.05, 0) is 11.6 Å². The summed E-state index contributed by atoms with van der Waals surface area (Å²) in [6, 6.07) is 12.9. The van der Waals surface area contributed by atoms with Crippen molar-refractivity contribution in [2.45, 2.75) is 13.3 Å². The van der Waals surface area contributed by atoms with E-state index in [4.69, 9.17) is 15.1 Å². The molecule has 1 aromatic heterocycles. The lowest BCUT2D eigenvalue weighted by molar-refractivity contribution is 0.0538. The van der Waals surface area contributed by atoms with E-state index in [9.17, 15) is 4.79 Å². The van der Waals surface area contributed by atoms with Gasteiger partial charge in [0.25, 0.3) is 0 Å². The predicted molar refractivity (Wildman–Crippen MR) is 67.3 cm³/mol. The van der Waals surface area contributed by atoms with Crippen molar-refractivity contribution in [1.82, 2.24) is 4.57 Å². The molecule has 0 aliphatic carbocycles. The number of rotatable bonds is 5. The fraction of sp³-hybridized carbons (Fsp3) is 0.143. The number of hydrogen-bond donors (Lipinski definition) is 1. The van der Waals surface area contributed by atoms with E-state index in [1.165, 1.54) is 16.8 Å². The number of carbonyl (C=O) groups is 1. The molecule has 96 valence electrons. The fourth-order valence-corrected chi connectivity index (χ4v) is 1.74. The van der Waals surface area contributed by atoms with E-state index in [1.807, 2.05) is 36.4 Å². The van der Waals surface area contributed by atoms with Gasteiger partial charge in [0.15, 0.2) is 0 Å². The third-order valence-electron chi connectivity index (χ3n) is 2.63. The minimum atomic E-state index is -1.13. The number of benzene rings is 1. The normalized spacial score (nSPS) is 10.1. The molecular formula is C14H12N2O3. The highest BCUT2D eigenvalue weighted by Gasteiger charge is 2.15. The van der Waals surface area contributed by atoms with Crippen LogP contribution in [0.5, 0.6) is 0 Å². The summed E-state index contributed by atoms with van der Waals surface area (Å²) in [6.07, 6.45) is 1.53. The van der Waals surface area contributed by atoms with E-state index in [2.05, 4.69) is 0 Å². The first-order chi connectivity index (χ1) is 9.22. The Balaban J connectivity index is 2.03. The molecule has 0 aliphatic rings. The van der Waals surface area contributed by atoms with Crippen molar-refractivity contribution in [2.75, 3.05) is 0 Å². The molecule has 2 aromatic rings. The molecule has 1 heterocycles. The zero-order valence-corrected chi connectivity index (χ0v) is 10.1. The zero-order valence-electron chi connectivity index (χ0n) is 10.1. The van der Waals surface area contributed by atoms with Crippen molar-refractivity contribution in [2.24, 2.45) is 0 Å². The van der Waals surface area contributed by atoms with Crippen molar-refractivity contribution in [3.05, 3.63) is 59.4 Å².